The number of hydrogen-bond donors (Lipinski definition) is 1. The molecule has 0 unspecified atom stereocenters. The van der Waals surface area contributed by atoms with Crippen LogP contribution in [0.1, 0.15) is 10.4 Å². The summed E-state index contributed by atoms with van der Waals surface area (Å²) in [5.41, 5.74) is 0.407. The van der Waals surface area contributed by atoms with Crippen LogP contribution in [0.4, 0.5) is 11.4 Å². The zero-order valence-electron chi connectivity index (χ0n) is 18.2. The molecule has 0 radical (unpaired) electrons. The first-order valence-corrected chi connectivity index (χ1v) is 11.5. The average molecular weight is 480 g/mol. The van der Waals surface area contributed by atoms with Gasteiger partial charge in [0, 0.05) is 5.69 Å². The van der Waals surface area contributed by atoms with E-state index in [0.717, 1.165) is 0 Å². The van der Waals surface area contributed by atoms with E-state index in [2.05, 4.69) is 4.72 Å². The number of hydrogen-bond acceptors (Lipinski definition) is 7. The topological polar surface area (TPSA) is 126 Å². The van der Waals surface area contributed by atoms with Crippen LogP contribution in [0, 0.1) is 11.3 Å². The number of ether oxygens (including phenoxy) is 2. The molecular weight excluding hydrogens is 458 g/mol. The minimum absolute atomic E-state index is 0.00675. The lowest BCUT2D eigenvalue weighted by molar-refractivity contribution is -0.121. The molecule has 0 spiro atoms. The maximum Gasteiger partial charge on any atom is 0.340 e. The summed E-state index contributed by atoms with van der Waals surface area (Å²) in [5.74, 6) is -1.00. The lowest BCUT2D eigenvalue weighted by Crippen LogP contribution is -2.35. The highest BCUT2D eigenvalue weighted by molar-refractivity contribution is 7.92. The third-order valence-corrected chi connectivity index (χ3v) is 6.07. The number of carbonyl (C=O) groups is 2. The average Bonchev–Trinajstić information content (AvgIpc) is 2.86. The van der Waals surface area contributed by atoms with Gasteiger partial charge in [-0.2, -0.15) is 5.26 Å². The van der Waals surface area contributed by atoms with Crippen molar-refractivity contribution in [3.05, 3.63) is 84.4 Å². The van der Waals surface area contributed by atoms with Crippen LogP contribution in [0.15, 0.2) is 83.8 Å². The Morgan fingerprint density at radius 2 is 1.62 bits per heavy atom. The smallest absolute Gasteiger partial charge is 0.340 e. The number of para-hydroxylation sites is 2. The van der Waals surface area contributed by atoms with E-state index < -0.39 is 28.5 Å². The Morgan fingerprint density at radius 3 is 2.26 bits per heavy atom. The molecule has 0 atom stereocenters. The van der Waals surface area contributed by atoms with E-state index in [1.807, 2.05) is 6.07 Å². The van der Waals surface area contributed by atoms with Crippen molar-refractivity contribution in [1.82, 2.24) is 0 Å². The van der Waals surface area contributed by atoms with Gasteiger partial charge in [-0.25, -0.2) is 13.2 Å². The molecule has 3 rings (SSSR count). The predicted octanol–water partition coefficient (Wildman–Crippen LogP) is 3.21. The Bertz CT molecular complexity index is 1300. The lowest BCUT2D eigenvalue weighted by Gasteiger charge is -2.19. The summed E-state index contributed by atoms with van der Waals surface area (Å²) in [6.07, 6.45) is 0. The molecule has 3 aromatic carbocycles. The van der Waals surface area contributed by atoms with Crippen LogP contribution in [-0.4, -0.2) is 40.6 Å². The number of nitrogens with zero attached hydrogens (tertiary/aromatic N) is 2. The highest BCUT2D eigenvalue weighted by atomic mass is 32.2. The van der Waals surface area contributed by atoms with Crippen molar-refractivity contribution in [1.29, 1.82) is 5.26 Å². The van der Waals surface area contributed by atoms with Gasteiger partial charge < -0.3 is 9.47 Å². The Hall–Kier alpha value is -4.36. The lowest BCUT2D eigenvalue weighted by atomic mass is 10.2. The van der Waals surface area contributed by atoms with Crippen LogP contribution >= 0.6 is 0 Å². The molecule has 0 aromatic heterocycles. The van der Waals surface area contributed by atoms with Crippen molar-refractivity contribution < 1.29 is 27.5 Å². The fourth-order valence-corrected chi connectivity index (χ4v) is 4.07. The van der Waals surface area contributed by atoms with Crippen LogP contribution < -0.4 is 14.4 Å². The van der Waals surface area contributed by atoms with Crippen LogP contribution in [0.3, 0.4) is 0 Å². The van der Waals surface area contributed by atoms with Gasteiger partial charge in [-0.15, -0.1) is 0 Å². The molecule has 3 aromatic rings. The molecule has 10 heteroatoms. The van der Waals surface area contributed by atoms with Gasteiger partial charge >= 0.3 is 5.97 Å². The molecule has 0 saturated carbocycles. The second-order valence-corrected chi connectivity index (χ2v) is 8.56. The SMILES string of the molecule is COc1ccc(S(=O)(=O)Nc2ccccc2C(=O)OCC(=O)N(CC#N)c2ccccc2)cc1. The Labute approximate surface area is 197 Å². The monoisotopic (exact) mass is 479 g/mol. The maximum absolute atomic E-state index is 12.8. The summed E-state index contributed by atoms with van der Waals surface area (Å²) in [4.78, 5) is 26.4. The second kappa shape index (κ2) is 11.0. The van der Waals surface area contributed by atoms with Gasteiger partial charge in [-0.3, -0.25) is 14.4 Å². The number of amides is 1. The van der Waals surface area contributed by atoms with Gasteiger partial charge in [0.15, 0.2) is 6.61 Å². The molecular formula is C24H21N3O6S. The summed E-state index contributed by atoms with van der Waals surface area (Å²) in [7, 11) is -2.54. The summed E-state index contributed by atoms with van der Waals surface area (Å²) in [6, 6.07) is 22.0. The quantitative estimate of drug-likeness (QED) is 0.369. The summed E-state index contributed by atoms with van der Waals surface area (Å²) in [5, 5.41) is 9.05. The minimum atomic E-state index is -4.01. The van der Waals surface area contributed by atoms with Gasteiger partial charge in [0.05, 0.1) is 29.3 Å². The first-order chi connectivity index (χ1) is 16.4. The van der Waals surface area contributed by atoms with Gasteiger partial charge in [-0.05, 0) is 48.5 Å². The molecule has 0 aliphatic heterocycles. The number of sulfonamides is 1. The number of benzene rings is 3. The fraction of sp³-hybridized carbons (Fsp3) is 0.125. The number of nitriles is 1. The number of rotatable bonds is 9. The fourth-order valence-electron chi connectivity index (χ4n) is 2.99. The number of anilines is 2. The summed E-state index contributed by atoms with van der Waals surface area (Å²) < 4.78 is 38.1. The van der Waals surface area contributed by atoms with Gasteiger partial charge in [0.2, 0.25) is 0 Å². The zero-order valence-corrected chi connectivity index (χ0v) is 19.0. The zero-order chi connectivity index (χ0) is 24.6. The summed E-state index contributed by atoms with van der Waals surface area (Å²) >= 11 is 0. The maximum atomic E-state index is 12.8. The van der Waals surface area contributed by atoms with E-state index in [1.54, 1.807) is 36.4 Å². The number of carbonyl (C=O) groups excluding carboxylic acids is 2. The number of esters is 1. The van der Waals surface area contributed by atoms with Crippen molar-refractivity contribution in [3.8, 4) is 11.8 Å². The van der Waals surface area contributed by atoms with Crippen LogP contribution in [-0.2, 0) is 19.6 Å². The van der Waals surface area contributed by atoms with E-state index in [0.29, 0.717) is 11.4 Å². The molecule has 1 amide bonds. The van der Waals surface area contributed by atoms with Crippen molar-refractivity contribution >= 4 is 33.3 Å². The van der Waals surface area contributed by atoms with E-state index >= 15 is 0 Å². The first kappa shape index (κ1) is 24.3. The molecule has 0 aliphatic carbocycles. The number of methoxy groups -OCH3 is 1. The minimum Gasteiger partial charge on any atom is -0.497 e. The molecule has 0 aliphatic rings. The van der Waals surface area contributed by atoms with E-state index in [1.165, 1.54) is 54.5 Å². The third kappa shape index (κ3) is 5.90. The van der Waals surface area contributed by atoms with Crippen molar-refractivity contribution in [3.63, 3.8) is 0 Å². The molecule has 34 heavy (non-hydrogen) atoms. The molecule has 174 valence electrons. The van der Waals surface area contributed by atoms with Crippen LogP contribution in [0.5, 0.6) is 5.75 Å². The van der Waals surface area contributed by atoms with Crippen molar-refractivity contribution in [2.45, 2.75) is 4.90 Å². The van der Waals surface area contributed by atoms with Crippen molar-refractivity contribution in [2.24, 2.45) is 0 Å². The number of nitrogens with one attached hydrogen (secondary N) is 1. The van der Waals surface area contributed by atoms with E-state index in [9.17, 15) is 18.0 Å². The Morgan fingerprint density at radius 1 is 0.971 bits per heavy atom. The highest BCUT2D eigenvalue weighted by Gasteiger charge is 2.22. The molecule has 0 bridgehead atoms. The van der Waals surface area contributed by atoms with E-state index in [4.69, 9.17) is 14.7 Å². The van der Waals surface area contributed by atoms with Gasteiger partial charge in [0.1, 0.15) is 12.3 Å². The van der Waals surface area contributed by atoms with Crippen molar-refractivity contribution in [2.75, 3.05) is 29.9 Å². The third-order valence-electron chi connectivity index (χ3n) is 4.69. The summed E-state index contributed by atoms with van der Waals surface area (Å²) in [6.45, 7) is -0.854. The van der Waals surface area contributed by atoms with E-state index in [-0.39, 0.29) is 22.7 Å². The molecule has 0 fully saturated rings. The largest absolute Gasteiger partial charge is 0.497 e. The first-order valence-electron chi connectivity index (χ1n) is 10.0. The standard InChI is InChI=1S/C24H21N3O6S/c1-32-19-11-13-20(14-12-19)34(30,31)26-22-10-6-5-9-21(22)24(29)33-17-23(28)27(16-15-25)18-7-3-2-4-8-18/h2-14,26H,16-17H2,1H3. The van der Waals surface area contributed by atoms with Gasteiger partial charge in [0.25, 0.3) is 15.9 Å². The van der Waals surface area contributed by atoms with Crippen LogP contribution in [0.25, 0.3) is 0 Å². The Balaban J connectivity index is 1.74. The molecule has 0 heterocycles. The Kier molecular flexibility index (Phi) is 7.84. The predicted molar refractivity (Wildman–Crippen MR) is 125 cm³/mol. The molecule has 9 nitrogen and oxygen atoms in total. The second-order valence-electron chi connectivity index (χ2n) is 6.88. The van der Waals surface area contributed by atoms with Gasteiger partial charge in [-0.1, -0.05) is 30.3 Å². The van der Waals surface area contributed by atoms with Crippen LogP contribution in [0.2, 0.25) is 0 Å². The molecule has 1 N–H and O–H groups in total. The molecule has 0 saturated heterocycles. The normalized spacial score (nSPS) is 10.6. The highest BCUT2D eigenvalue weighted by Crippen LogP contribution is 2.22.